The molecule has 3 heteroatoms. The standard InChI is InChI=1S/C16H13NOS/c1-12-6-5-9-14(16(12)17-11-19)15(18)10-13-7-3-2-4-8-13/h2-9H,10H2,1H3. The molecule has 0 spiro atoms. The quantitative estimate of drug-likeness (QED) is 0.473. The molecule has 2 nitrogen and oxygen atoms in total. The molecule has 2 rings (SSSR count). The molecule has 0 atom stereocenters. The van der Waals surface area contributed by atoms with Crippen LogP contribution in [0.3, 0.4) is 0 Å². The van der Waals surface area contributed by atoms with Crippen molar-refractivity contribution in [1.82, 2.24) is 0 Å². The summed E-state index contributed by atoms with van der Waals surface area (Å²) in [5.41, 5.74) is 3.14. The van der Waals surface area contributed by atoms with Gasteiger partial charge in [-0.05, 0) is 36.3 Å². The Bertz CT molecular complexity index is 643. The fourth-order valence-corrected chi connectivity index (χ4v) is 2.05. The topological polar surface area (TPSA) is 29.4 Å². The van der Waals surface area contributed by atoms with Crippen LogP contribution in [0.4, 0.5) is 5.69 Å². The number of aliphatic imine (C=N–C) groups is 1. The minimum absolute atomic E-state index is 0.0406. The van der Waals surface area contributed by atoms with Crippen LogP contribution in [0.15, 0.2) is 53.5 Å². The van der Waals surface area contributed by atoms with Gasteiger partial charge >= 0.3 is 0 Å². The molecule has 0 radical (unpaired) electrons. The second kappa shape index (κ2) is 6.19. The fourth-order valence-electron chi connectivity index (χ4n) is 1.95. The molecule has 2 aromatic carbocycles. The third-order valence-corrected chi connectivity index (χ3v) is 2.99. The predicted molar refractivity (Wildman–Crippen MR) is 80.3 cm³/mol. The summed E-state index contributed by atoms with van der Waals surface area (Å²) in [6, 6.07) is 15.2. The van der Waals surface area contributed by atoms with E-state index in [1.165, 1.54) is 0 Å². The lowest BCUT2D eigenvalue weighted by Crippen LogP contribution is -2.04. The summed E-state index contributed by atoms with van der Waals surface area (Å²) >= 11 is 4.64. The van der Waals surface area contributed by atoms with E-state index in [4.69, 9.17) is 0 Å². The van der Waals surface area contributed by atoms with Crippen molar-refractivity contribution in [2.45, 2.75) is 13.3 Å². The van der Waals surface area contributed by atoms with Gasteiger partial charge in [0.1, 0.15) is 0 Å². The zero-order valence-corrected chi connectivity index (χ0v) is 11.4. The number of isothiocyanates is 1. The summed E-state index contributed by atoms with van der Waals surface area (Å²) in [4.78, 5) is 16.4. The SMILES string of the molecule is Cc1cccc(C(=O)Cc2ccccc2)c1N=C=S. The zero-order valence-electron chi connectivity index (χ0n) is 10.6. The van der Waals surface area contributed by atoms with Crippen molar-refractivity contribution >= 4 is 28.8 Å². The number of carbonyl (C=O) groups excluding carboxylic acids is 1. The molecule has 0 saturated heterocycles. The van der Waals surface area contributed by atoms with E-state index in [1.54, 1.807) is 6.07 Å². The van der Waals surface area contributed by atoms with Crippen LogP contribution in [-0.2, 0) is 6.42 Å². The van der Waals surface area contributed by atoms with Gasteiger partial charge in [-0.15, -0.1) is 0 Å². The van der Waals surface area contributed by atoms with Crippen molar-refractivity contribution in [3.63, 3.8) is 0 Å². The minimum atomic E-state index is 0.0406. The molecule has 0 aromatic heterocycles. The number of Topliss-reactive ketones (excluding diaryl/α,β-unsaturated/α-hetero) is 1. The van der Waals surface area contributed by atoms with E-state index in [0.717, 1.165) is 11.1 Å². The van der Waals surface area contributed by atoms with E-state index in [2.05, 4.69) is 22.4 Å². The number of nitrogens with zero attached hydrogens (tertiary/aromatic N) is 1. The maximum atomic E-state index is 12.3. The fraction of sp³-hybridized carbons (Fsp3) is 0.125. The minimum Gasteiger partial charge on any atom is -0.294 e. The van der Waals surface area contributed by atoms with Crippen LogP contribution in [0.25, 0.3) is 0 Å². The Morgan fingerprint density at radius 1 is 1.16 bits per heavy atom. The Labute approximate surface area is 117 Å². The van der Waals surface area contributed by atoms with Gasteiger partial charge in [-0.2, -0.15) is 4.99 Å². The van der Waals surface area contributed by atoms with Gasteiger partial charge in [0.15, 0.2) is 5.78 Å². The number of thiocarbonyl (C=S) groups is 1. The summed E-state index contributed by atoms with van der Waals surface area (Å²) in [6.07, 6.45) is 0.365. The highest BCUT2D eigenvalue weighted by Crippen LogP contribution is 2.24. The van der Waals surface area contributed by atoms with Crippen molar-refractivity contribution in [3.05, 3.63) is 65.2 Å². The Morgan fingerprint density at radius 3 is 2.58 bits per heavy atom. The predicted octanol–water partition coefficient (Wildman–Crippen LogP) is 4.15. The second-order valence-corrected chi connectivity index (χ2v) is 4.44. The van der Waals surface area contributed by atoms with Gasteiger partial charge in [0.05, 0.1) is 10.8 Å². The zero-order chi connectivity index (χ0) is 13.7. The van der Waals surface area contributed by atoms with Crippen molar-refractivity contribution in [3.8, 4) is 0 Å². The second-order valence-electron chi connectivity index (χ2n) is 4.26. The molecule has 19 heavy (non-hydrogen) atoms. The van der Waals surface area contributed by atoms with E-state index in [1.807, 2.05) is 49.4 Å². The van der Waals surface area contributed by atoms with Crippen LogP contribution in [0.2, 0.25) is 0 Å². The van der Waals surface area contributed by atoms with E-state index in [-0.39, 0.29) is 5.78 Å². The van der Waals surface area contributed by atoms with Crippen LogP contribution >= 0.6 is 12.2 Å². The van der Waals surface area contributed by atoms with Crippen molar-refractivity contribution < 1.29 is 4.79 Å². The highest BCUT2D eigenvalue weighted by molar-refractivity contribution is 7.78. The highest BCUT2D eigenvalue weighted by atomic mass is 32.1. The average Bonchev–Trinajstić information content (AvgIpc) is 2.42. The number of para-hydroxylation sites is 1. The lowest BCUT2D eigenvalue weighted by atomic mass is 9.99. The Kier molecular flexibility index (Phi) is 4.35. The molecule has 0 saturated carbocycles. The molecule has 2 aromatic rings. The lowest BCUT2D eigenvalue weighted by molar-refractivity contribution is 0.0993. The molecule has 0 heterocycles. The van der Waals surface area contributed by atoms with Crippen LogP contribution in [0.1, 0.15) is 21.5 Å². The van der Waals surface area contributed by atoms with Gasteiger partial charge in [0.25, 0.3) is 0 Å². The van der Waals surface area contributed by atoms with Gasteiger partial charge in [-0.25, -0.2) is 0 Å². The first-order valence-corrected chi connectivity index (χ1v) is 6.38. The molecule has 0 aliphatic carbocycles. The average molecular weight is 267 g/mol. The van der Waals surface area contributed by atoms with Crippen molar-refractivity contribution in [1.29, 1.82) is 0 Å². The summed E-state index contributed by atoms with van der Waals surface area (Å²) in [5, 5.41) is 2.34. The Morgan fingerprint density at radius 2 is 1.89 bits per heavy atom. The number of hydrogen-bond acceptors (Lipinski definition) is 3. The molecular formula is C16H13NOS. The summed E-state index contributed by atoms with van der Waals surface area (Å²) in [5.74, 6) is 0.0406. The monoisotopic (exact) mass is 267 g/mol. The van der Waals surface area contributed by atoms with Gasteiger partial charge in [0.2, 0.25) is 0 Å². The molecule has 0 aliphatic heterocycles. The normalized spacial score (nSPS) is 9.74. The Hall–Kier alpha value is -2.09. The van der Waals surface area contributed by atoms with E-state index in [9.17, 15) is 4.79 Å². The maximum Gasteiger partial charge on any atom is 0.169 e. The van der Waals surface area contributed by atoms with Crippen LogP contribution < -0.4 is 0 Å². The van der Waals surface area contributed by atoms with Gasteiger partial charge in [-0.1, -0.05) is 42.5 Å². The molecule has 0 aliphatic rings. The third-order valence-electron chi connectivity index (χ3n) is 2.90. The van der Waals surface area contributed by atoms with Gasteiger partial charge in [-0.3, -0.25) is 4.79 Å². The first kappa shape index (κ1) is 13.3. The molecule has 0 bridgehead atoms. The first-order chi connectivity index (χ1) is 9.22. The molecule has 0 amide bonds. The number of aryl methyl sites for hydroxylation is 1. The molecule has 94 valence electrons. The van der Waals surface area contributed by atoms with E-state index < -0.39 is 0 Å². The van der Waals surface area contributed by atoms with Crippen LogP contribution in [0, 0.1) is 6.92 Å². The number of rotatable bonds is 4. The van der Waals surface area contributed by atoms with Crippen LogP contribution in [-0.4, -0.2) is 10.9 Å². The van der Waals surface area contributed by atoms with E-state index in [0.29, 0.717) is 17.7 Å². The molecule has 0 N–H and O–H groups in total. The van der Waals surface area contributed by atoms with E-state index >= 15 is 0 Å². The summed E-state index contributed by atoms with van der Waals surface area (Å²) in [7, 11) is 0. The van der Waals surface area contributed by atoms with Gasteiger partial charge in [0, 0.05) is 12.0 Å². The number of carbonyl (C=O) groups is 1. The van der Waals surface area contributed by atoms with Crippen molar-refractivity contribution in [2.24, 2.45) is 4.99 Å². The summed E-state index contributed by atoms with van der Waals surface area (Å²) < 4.78 is 0. The van der Waals surface area contributed by atoms with Crippen molar-refractivity contribution in [2.75, 3.05) is 0 Å². The molecule has 0 fully saturated rings. The third kappa shape index (κ3) is 3.22. The largest absolute Gasteiger partial charge is 0.294 e. The van der Waals surface area contributed by atoms with Gasteiger partial charge < -0.3 is 0 Å². The lowest BCUT2D eigenvalue weighted by Gasteiger charge is -2.06. The molecular weight excluding hydrogens is 254 g/mol. The number of ketones is 1. The number of hydrogen-bond donors (Lipinski definition) is 0. The first-order valence-electron chi connectivity index (χ1n) is 5.97. The number of benzene rings is 2. The Balaban J connectivity index is 2.34. The smallest absolute Gasteiger partial charge is 0.169 e. The summed E-state index contributed by atoms with van der Waals surface area (Å²) in [6.45, 7) is 1.91. The maximum absolute atomic E-state index is 12.3. The highest BCUT2D eigenvalue weighted by Gasteiger charge is 2.13. The molecule has 0 unspecified atom stereocenters. The van der Waals surface area contributed by atoms with Crippen LogP contribution in [0.5, 0.6) is 0 Å².